The molecule has 27 heavy (non-hydrogen) atoms. The fourth-order valence-electron chi connectivity index (χ4n) is 2.05. The zero-order chi connectivity index (χ0) is 20.0. The standard InChI is InChI=1S/C19H12BrCl3N2O2/c1-2-6-27-18-13(20)8-11(9-15(18)22)7-12(10-24)19(26)25-16-5-3-4-14(21)17(16)23/h2-5,7-9H,1,6H2,(H,25,26)/b12-7-. The van der Waals surface area contributed by atoms with Gasteiger partial charge in [0.05, 0.1) is 25.2 Å². The fraction of sp³-hybridized carbons (Fsp3) is 0.0526. The Bertz CT molecular complexity index is 945. The summed E-state index contributed by atoms with van der Waals surface area (Å²) < 4.78 is 6.05. The van der Waals surface area contributed by atoms with Crippen molar-refractivity contribution in [1.29, 1.82) is 5.26 Å². The smallest absolute Gasteiger partial charge is 0.266 e. The van der Waals surface area contributed by atoms with Gasteiger partial charge < -0.3 is 10.1 Å². The van der Waals surface area contributed by atoms with Gasteiger partial charge in [-0.2, -0.15) is 5.26 Å². The van der Waals surface area contributed by atoms with E-state index in [0.29, 0.717) is 38.1 Å². The molecule has 0 aliphatic rings. The molecule has 0 unspecified atom stereocenters. The van der Waals surface area contributed by atoms with Gasteiger partial charge in [0.2, 0.25) is 0 Å². The minimum absolute atomic E-state index is 0.131. The third-order valence-electron chi connectivity index (χ3n) is 3.24. The Kier molecular flexibility index (Phi) is 7.76. The van der Waals surface area contributed by atoms with Gasteiger partial charge in [-0.15, -0.1) is 0 Å². The second-order valence-electron chi connectivity index (χ2n) is 5.14. The third-order valence-corrected chi connectivity index (χ3v) is 4.93. The predicted octanol–water partition coefficient (Wildman–Crippen LogP) is 6.52. The summed E-state index contributed by atoms with van der Waals surface area (Å²) in [7, 11) is 0. The largest absolute Gasteiger partial charge is 0.487 e. The minimum atomic E-state index is -0.624. The van der Waals surface area contributed by atoms with Crippen LogP contribution >= 0.6 is 50.7 Å². The van der Waals surface area contributed by atoms with Crippen LogP contribution in [0.1, 0.15) is 5.56 Å². The quantitative estimate of drug-likeness (QED) is 0.287. The molecule has 138 valence electrons. The lowest BCUT2D eigenvalue weighted by molar-refractivity contribution is -0.112. The van der Waals surface area contributed by atoms with Crippen LogP contribution in [0.5, 0.6) is 5.75 Å². The molecule has 0 aliphatic heterocycles. The summed E-state index contributed by atoms with van der Waals surface area (Å²) in [6.07, 6.45) is 3.00. The average molecular weight is 487 g/mol. The maximum absolute atomic E-state index is 12.4. The molecule has 2 aromatic rings. The first-order valence-corrected chi connectivity index (χ1v) is 9.40. The van der Waals surface area contributed by atoms with Crippen LogP contribution in [0.25, 0.3) is 6.08 Å². The van der Waals surface area contributed by atoms with Gasteiger partial charge in [0.25, 0.3) is 5.91 Å². The molecule has 2 rings (SSSR count). The molecule has 0 spiro atoms. The highest BCUT2D eigenvalue weighted by Crippen LogP contribution is 2.35. The molecule has 0 atom stereocenters. The van der Waals surface area contributed by atoms with E-state index in [0.717, 1.165) is 0 Å². The first-order valence-electron chi connectivity index (χ1n) is 7.47. The molecule has 0 bridgehead atoms. The van der Waals surface area contributed by atoms with Crippen LogP contribution < -0.4 is 10.1 Å². The maximum Gasteiger partial charge on any atom is 0.266 e. The number of ether oxygens (including phenoxy) is 1. The number of benzene rings is 2. The molecule has 0 aliphatic carbocycles. The second-order valence-corrected chi connectivity index (χ2v) is 7.19. The number of nitrogens with one attached hydrogen (secondary N) is 1. The van der Waals surface area contributed by atoms with Crippen molar-refractivity contribution in [2.75, 3.05) is 11.9 Å². The van der Waals surface area contributed by atoms with Gasteiger partial charge >= 0.3 is 0 Å². The number of hydrogen-bond acceptors (Lipinski definition) is 3. The van der Waals surface area contributed by atoms with Crippen molar-refractivity contribution in [1.82, 2.24) is 0 Å². The van der Waals surface area contributed by atoms with Crippen molar-refractivity contribution < 1.29 is 9.53 Å². The molecule has 0 saturated heterocycles. The first kappa shape index (κ1) is 21.3. The zero-order valence-electron chi connectivity index (χ0n) is 13.7. The van der Waals surface area contributed by atoms with E-state index in [2.05, 4.69) is 27.8 Å². The van der Waals surface area contributed by atoms with Crippen LogP contribution in [0.2, 0.25) is 15.1 Å². The van der Waals surface area contributed by atoms with Crippen molar-refractivity contribution in [2.24, 2.45) is 0 Å². The van der Waals surface area contributed by atoms with E-state index in [1.54, 1.807) is 36.4 Å². The van der Waals surface area contributed by atoms with Crippen LogP contribution in [0.3, 0.4) is 0 Å². The number of amides is 1. The molecule has 1 amide bonds. The van der Waals surface area contributed by atoms with Crippen molar-refractivity contribution in [3.8, 4) is 11.8 Å². The molecule has 0 aromatic heterocycles. The van der Waals surface area contributed by atoms with E-state index >= 15 is 0 Å². The van der Waals surface area contributed by atoms with Gasteiger partial charge in [-0.1, -0.05) is 53.5 Å². The lowest BCUT2D eigenvalue weighted by Gasteiger charge is -2.10. The lowest BCUT2D eigenvalue weighted by atomic mass is 10.1. The number of nitriles is 1. The minimum Gasteiger partial charge on any atom is -0.487 e. The molecule has 0 fully saturated rings. The van der Waals surface area contributed by atoms with Crippen molar-refractivity contribution >= 4 is 68.4 Å². The molecular formula is C19H12BrCl3N2O2. The monoisotopic (exact) mass is 484 g/mol. The van der Waals surface area contributed by atoms with Crippen LogP contribution in [0.15, 0.2) is 53.0 Å². The van der Waals surface area contributed by atoms with Gasteiger partial charge in [0, 0.05) is 0 Å². The summed E-state index contributed by atoms with van der Waals surface area (Å²) in [5, 5.41) is 12.7. The Hall–Kier alpha value is -1.97. The van der Waals surface area contributed by atoms with Crippen LogP contribution in [-0.4, -0.2) is 12.5 Å². The van der Waals surface area contributed by atoms with E-state index in [9.17, 15) is 10.1 Å². The Balaban J connectivity index is 2.30. The van der Waals surface area contributed by atoms with E-state index in [-0.39, 0.29) is 10.6 Å². The SMILES string of the molecule is C=CCOc1c(Cl)cc(/C=C(/C#N)C(=O)Nc2cccc(Cl)c2Cl)cc1Br. The van der Waals surface area contributed by atoms with Crippen LogP contribution in [0, 0.1) is 11.3 Å². The van der Waals surface area contributed by atoms with Gasteiger partial charge in [0.15, 0.2) is 5.75 Å². The highest BCUT2D eigenvalue weighted by Gasteiger charge is 2.14. The Labute approximate surface area is 180 Å². The summed E-state index contributed by atoms with van der Waals surface area (Å²) in [4.78, 5) is 12.4. The van der Waals surface area contributed by atoms with Gasteiger partial charge in [0.1, 0.15) is 18.2 Å². The normalized spacial score (nSPS) is 10.9. The van der Waals surface area contributed by atoms with Crippen molar-refractivity contribution in [3.05, 3.63) is 73.7 Å². The summed E-state index contributed by atoms with van der Waals surface area (Å²) in [6, 6.07) is 9.94. The first-order chi connectivity index (χ1) is 12.9. The van der Waals surface area contributed by atoms with Crippen LogP contribution in [0.4, 0.5) is 5.69 Å². The van der Waals surface area contributed by atoms with Gasteiger partial charge in [-0.05, 0) is 51.8 Å². The number of halogens is 4. The van der Waals surface area contributed by atoms with E-state index in [1.807, 2.05) is 6.07 Å². The van der Waals surface area contributed by atoms with Crippen molar-refractivity contribution in [3.63, 3.8) is 0 Å². The molecule has 4 nitrogen and oxygen atoms in total. The van der Waals surface area contributed by atoms with Gasteiger partial charge in [-0.25, -0.2) is 0 Å². The number of carbonyl (C=O) groups excluding carboxylic acids is 1. The number of carbonyl (C=O) groups is 1. The molecule has 2 aromatic carbocycles. The van der Waals surface area contributed by atoms with E-state index < -0.39 is 5.91 Å². The molecular weight excluding hydrogens is 474 g/mol. The Morgan fingerprint density at radius 1 is 1.30 bits per heavy atom. The highest BCUT2D eigenvalue weighted by atomic mass is 79.9. The number of hydrogen-bond donors (Lipinski definition) is 1. The molecule has 0 heterocycles. The summed E-state index contributed by atoms with van der Waals surface area (Å²) in [5.41, 5.74) is 0.721. The van der Waals surface area contributed by atoms with Gasteiger partial charge in [-0.3, -0.25) is 4.79 Å². The third kappa shape index (κ3) is 5.50. The highest BCUT2D eigenvalue weighted by molar-refractivity contribution is 9.10. The molecule has 0 radical (unpaired) electrons. The van der Waals surface area contributed by atoms with Crippen LogP contribution in [-0.2, 0) is 4.79 Å². The topological polar surface area (TPSA) is 62.1 Å². The zero-order valence-corrected chi connectivity index (χ0v) is 17.6. The predicted molar refractivity (Wildman–Crippen MR) is 114 cm³/mol. The number of nitrogens with zero attached hydrogens (tertiary/aromatic N) is 1. The number of rotatable bonds is 6. The van der Waals surface area contributed by atoms with Crippen molar-refractivity contribution in [2.45, 2.75) is 0 Å². The number of anilines is 1. The average Bonchev–Trinajstić information content (AvgIpc) is 2.62. The summed E-state index contributed by atoms with van der Waals surface area (Å²) in [5.74, 6) is -0.178. The molecule has 0 saturated carbocycles. The maximum atomic E-state index is 12.4. The lowest BCUT2D eigenvalue weighted by Crippen LogP contribution is -2.13. The summed E-state index contributed by atoms with van der Waals surface area (Å²) in [6.45, 7) is 3.87. The Morgan fingerprint density at radius 3 is 2.67 bits per heavy atom. The van der Waals surface area contributed by atoms with E-state index in [4.69, 9.17) is 39.5 Å². The summed E-state index contributed by atoms with van der Waals surface area (Å²) >= 11 is 21.5. The molecule has 1 N–H and O–H groups in total. The second kappa shape index (κ2) is 9.82. The molecule has 8 heteroatoms. The Morgan fingerprint density at radius 2 is 2.04 bits per heavy atom. The van der Waals surface area contributed by atoms with E-state index in [1.165, 1.54) is 6.08 Å². The fourth-order valence-corrected chi connectivity index (χ4v) is 3.38.